The number of aromatic nitrogens is 3. The van der Waals surface area contributed by atoms with Crippen LogP contribution in [0.3, 0.4) is 0 Å². The molecule has 0 saturated heterocycles. The maximum atomic E-state index is 4.65. The van der Waals surface area contributed by atoms with Gasteiger partial charge in [-0.05, 0) is 36.4 Å². The van der Waals surface area contributed by atoms with Crippen molar-refractivity contribution in [3.8, 4) is 33.8 Å². The van der Waals surface area contributed by atoms with E-state index >= 15 is 0 Å². The molecule has 0 saturated carbocycles. The molecule has 9 rings (SSSR count). The van der Waals surface area contributed by atoms with E-state index in [-0.39, 0.29) is 19.5 Å². The average molecular weight is 717 g/mol. The number of pyridine rings is 3. The molecule has 0 aliphatic carbocycles. The number of hydrogen-bond donors (Lipinski definition) is 0. The number of rotatable bonds is 3. The Morgan fingerprint density at radius 1 is 0.224 bits per heavy atom. The Hall–Kier alpha value is -5.83. The molecule has 0 fully saturated rings. The first-order chi connectivity index (χ1) is 23.8. The third-order valence-corrected chi connectivity index (χ3v) is 8.00. The van der Waals surface area contributed by atoms with E-state index in [1.54, 1.807) is 0 Å². The molecule has 0 atom stereocenters. The molecule has 0 amide bonds. The number of nitrogens with zero attached hydrogens (tertiary/aromatic N) is 3. The quantitative estimate of drug-likeness (QED) is 0.171. The van der Waals surface area contributed by atoms with Gasteiger partial charge in [-0.15, -0.1) is 0 Å². The van der Waals surface area contributed by atoms with Crippen LogP contribution in [0.25, 0.3) is 66.5 Å². The van der Waals surface area contributed by atoms with E-state index in [1.807, 2.05) is 109 Å². The van der Waals surface area contributed by atoms with Crippen molar-refractivity contribution in [3.63, 3.8) is 0 Å². The van der Waals surface area contributed by atoms with Crippen molar-refractivity contribution >= 4 is 32.7 Å². The van der Waals surface area contributed by atoms with Crippen LogP contribution in [-0.2, 0) is 19.5 Å². The molecule has 0 aliphatic heterocycles. The third-order valence-electron chi connectivity index (χ3n) is 8.00. The number of fused-ring (bicyclic) bond motifs is 3. The first-order valence-electron chi connectivity index (χ1n) is 16.0. The summed E-state index contributed by atoms with van der Waals surface area (Å²) in [6.07, 6.45) is 0. The molecule has 0 N–H and O–H groups in total. The van der Waals surface area contributed by atoms with Gasteiger partial charge in [-0.2, -0.15) is 0 Å². The van der Waals surface area contributed by atoms with Crippen LogP contribution in [0.1, 0.15) is 0 Å². The smallest absolute Gasteiger partial charge is 0.248 e. The Morgan fingerprint density at radius 2 is 0.469 bits per heavy atom. The maximum absolute atomic E-state index is 4.65. The van der Waals surface area contributed by atoms with Crippen LogP contribution < -0.4 is 0 Å². The fourth-order valence-corrected chi connectivity index (χ4v) is 5.51. The van der Waals surface area contributed by atoms with Crippen molar-refractivity contribution in [2.75, 3.05) is 0 Å². The van der Waals surface area contributed by atoms with Crippen molar-refractivity contribution in [3.05, 3.63) is 200 Å². The van der Waals surface area contributed by atoms with Crippen molar-refractivity contribution < 1.29 is 19.5 Å². The van der Waals surface area contributed by atoms with Crippen LogP contribution in [0.5, 0.6) is 0 Å². The number of hydrogen-bond acceptors (Lipinski definition) is 3. The summed E-state index contributed by atoms with van der Waals surface area (Å²) in [5, 5.41) is 3.55. The molecule has 49 heavy (non-hydrogen) atoms. The van der Waals surface area contributed by atoms with Gasteiger partial charge in [-0.3, -0.25) is 0 Å². The van der Waals surface area contributed by atoms with Crippen molar-refractivity contribution in [2.45, 2.75) is 0 Å². The van der Waals surface area contributed by atoms with Gasteiger partial charge in [0.2, 0.25) is 0 Å². The molecule has 3 aromatic heterocycles. The minimum atomic E-state index is 0. The normalized spacial score (nSPS) is 10.3. The third kappa shape index (κ3) is 8.37. The van der Waals surface area contributed by atoms with Crippen molar-refractivity contribution in [1.29, 1.82) is 0 Å². The Balaban J connectivity index is 0.000000126. The minimum absolute atomic E-state index is 0. The minimum Gasteiger partial charge on any atom is -0.248 e. The molecule has 9 aromatic rings. The van der Waals surface area contributed by atoms with Gasteiger partial charge in [0.15, 0.2) is 0 Å². The van der Waals surface area contributed by atoms with E-state index in [0.717, 1.165) is 50.3 Å². The summed E-state index contributed by atoms with van der Waals surface area (Å²) in [4.78, 5) is 13.9. The van der Waals surface area contributed by atoms with Crippen LogP contribution >= 0.6 is 0 Å². The zero-order valence-corrected chi connectivity index (χ0v) is 28.5. The SMILES string of the molecule is [Ru+3].c1ccc(-c2ccc3ccccc3n2)cc1.c1ccc(-c2ccc3ccccc3n2)cc1.c1ccc(-c2ccc3ccccc3n2)cc1. The summed E-state index contributed by atoms with van der Waals surface area (Å²) >= 11 is 0. The summed E-state index contributed by atoms with van der Waals surface area (Å²) in [7, 11) is 0. The van der Waals surface area contributed by atoms with E-state index in [1.165, 1.54) is 16.2 Å². The molecule has 3 heterocycles. The Labute approximate surface area is 299 Å². The van der Waals surface area contributed by atoms with Crippen molar-refractivity contribution in [1.82, 2.24) is 15.0 Å². The van der Waals surface area contributed by atoms with E-state index in [0.29, 0.717) is 0 Å². The topological polar surface area (TPSA) is 38.7 Å². The van der Waals surface area contributed by atoms with Crippen molar-refractivity contribution in [2.24, 2.45) is 0 Å². The second-order valence-electron chi connectivity index (χ2n) is 11.3. The number of para-hydroxylation sites is 3. The first kappa shape index (κ1) is 33.1. The van der Waals surface area contributed by atoms with Crippen LogP contribution in [0.15, 0.2) is 200 Å². The van der Waals surface area contributed by atoms with Gasteiger partial charge in [0.05, 0.1) is 33.6 Å². The van der Waals surface area contributed by atoms with Gasteiger partial charge in [-0.25, -0.2) is 15.0 Å². The zero-order valence-electron chi connectivity index (χ0n) is 26.7. The molecule has 0 bridgehead atoms. The van der Waals surface area contributed by atoms with Gasteiger partial charge in [0, 0.05) is 32.8 Å². The molecule has 0 aliphatic rings. The molecule has 3 nitrogen and oxygen atoms in total. The van der Waals surface area contributed by atoms with E-state index < -0.39 is 0 Å². The zero-order chi connectivity index (χ0) is 32.4. The Morgan fingerprint density at radius 3 is 0.755 bits per heavy atom. The second kappa shape index (κ2) is 16.3. The van der Waals surface area contributed by atoms with Gasteiger partial charge >= 0.3 is 19.5 Å². The summed E-state index contributed by atoms with van der Waals surface area (Å²) in [6.45, 7) is 0. The van der Waals surface area contributed by atoms with Crippen LogP contribution in [0, 0.1) is 0 Å². The monoisotopic (exact) mass is 717 g/mol. The molecular formula is C45H33N3Ru+3. The average Bonchev–Trinajstić information content (AvgIpc) is 3.19. The maximum Gasteiger partial charge on any atom is 3.00 e. The van der Waals surface area contributed by atoms with E-state index in [9.17, 15) is 0 Å². The van der Waals surface area contributed by atoms with Gasteiger partial charge in [0.25, 0.3) is 0 Å². The standard InChI is InChI=1S/3C15H11N.Ru/c3*1-2-6-12(7-3-1)15-11-10-13-8-4-5-9-14(13)16-15;/h3*1-11H;/q;;;+3. The number of benzene rings is 6. The molecule has 0 unspecified atom stereocenters. The predicted octanol–water partition coefficient (Wildman–Crippen LogP) is 11.7. The first-order valence-corrected chi connectivity index (χ1v) is 16.0. The van der Waals surface area contributed by atoms with Crippen LogP contribution in [0.2, 0.25) is 0 Å². The molecule has 233 valence electrons. The fraction of sp³-hybridized carbons (Fsp3) is 0. The molecule has 1 radical (unpaired) electrons. The van der Waals surface area contributed by atoms with Crippen LogP contribution in [-0.4, -0.2) is 15.0 Å². The second-order valence-corrected chi connectivity index (χ2v) is 11.3. The largest absolute Gasteiger partial charge is 3.00 e. The van der Waals surface area contributed by atoms with E-state index in [4.69, 9.17) is 0 Å². The van der Waals surface area contributed by atoms with Gasteiger partial charge in [0.1, 0.15) is 0 Å². The molecule has 6 aromatic carbocycles. The fourth-order valence-electron chi connectivity index (χ4n) is 5.51. The summed E-state index contributed by atoms with van der Waals surface area (Å²) in [6, 6.07) is 67.8. The van der Waals surface area contributed by atoms with Crippen LogP contribution in [0.4, 0.5) is 0 Å². The summed E-state index contributed by atoms with van der Waals surface area (Å²) in [5.41, 5.74) is 9.70. The molecular weight excluding hydrogens is 684 g/mol. The predicted molar refractivity (Wildman–Crippen MR) is 202 cm³/mol. The molecule has 4 heteroatoms. The summed E-state index contributed by atoms with van der Waals surface area (Å²) < 4.78 is 0. The Bertz CT molecular complexity index is 2120. The summed E-state index contributed by atoms with van der Waals surface area (Å²) in [5.74, 6) is 0. The van der Waals surface area contributed by atoms with Gasteiger partial charge < -0.3 is 0 Å². The van der Waals surface area contributed by atoms with Gasteiger partial charge in [-0.1, -0.05) is 164 Å². The Kier molecular flexibility index (Phi) is 11.0. The molecule has 0 spiro atoms. The van der Waals surface area contributed by atoms with E-state index in [2.05, 4.69) is 106 Å².